The Kier molecular flexibility index (Phi) is 6.90. The van der Waals surface area contributed by atoms with Gasteiger partial charge in [0.25, 0.3) is 0 Å². The molecule has 0 fully saturated rings. The molecule has 2 aliphatic heterocycles. The maximum Gasteiger partial charge on any atom is 0.169 e. The van der Waals surface area contributed by atoms with Gasteiger partial charge in [-0.25, -0.2) is 9.98 Å². The van der Waals surface area contributed by atoms with E-state index in [1.807, 2.05) is 12.1 Å². The Morgan fingerprint density at radius 3 is 2.41 bits per heavy atom. The minimum atomic E-state index is -0.306. The Morgan fingerprint density at radius 2 is 1.59 bits per heavy atom. The van der Waals surface area contributed by atoms with E-state index < -0.39 is 0 Å². The Morgan fingerprint density at radius 1 is 0.818 bits per heavy atom. The van der Waals surface area contributed by atoms with Gasteiger partial charge in [0.15, 0.2) is 6.17 Å². The number of benzene rings is 3. The lowest BCUT2D eigenvalue weighted by atomic mass is 9.67. The van der Waals surface area contributed by atoms with Gasteiger partial charge in [0.2, 0.25) is 0 Å². The highest BCUT2D eigenvalue weighted by Gasteiger charge is 2.35. The number of rotatable bonds is 5. The molecule has 3 aliphatic carbocycles. The Hall–Kier alpha value is -4.83. The molecule has 5 aliphatic rings. The van der Waals surface area contributed by atoms with Crippen molar-refractivity contribution in [1.82, 2.24) is 5.32 Å². The van der Waals surface area contributed by atoms with E-state index in [0.717, 1.165) is 54.1 Å². The average Bonchev–Trinajstić information content (AvgIpc) is 3.54. The van der Waals surface area contributed by atoms with Crippen LogP contribution >= 0.6 is 0 Å². The van der Waals surface area contributed by atoms with Crippen molar-refractivity contribution >= 4 is 23.5 Å². The van der Waals surface area contributed by atoms with E-state index >= 15 is 0 Å². The molecule has 0 saturated heterocycles. The van der Waals surface area contributed by atoms with E-state index in [4.69, 9.17) is 15.0 Å². The molecule has 1 N–H and O–H groups in total. The zero-order valence-corrected chi connectivity index (χ0v) is 25.0. The molecule has 4 unspecified atom stereocenters. The van der Waals surface area contributed by atoms with Crippen LogP contribution in [-0.4, -0.2) is 23.9 Å². The van der Waals surface area contributed by atoms with Gasteiger partial charge in [-0.05, 0) is 66.0 Å². The van der Waals surface area contributed by atoms with Gasteiger partial charge >= 0.3 is 0 Å². The van der Waals surface area contributed by atoms with Gasteiger partial charge < -0.3 is 5.32 Å². The van der Waals surface area contributed by atoms with Crippen molar-refractivity contribution in [1.29, 1.82) is 0 Å². The third-order valence-electron chi connectivity index (χ3n) is 9.51. The lowest BCUT2D eigenvalue weighted by Crippen LogP contribution is -2.37. The second-order valence-corrected chi connectivity index (χ2v) is 12.3. The van der Waals surface area contributed by atoms with Crippen molar-refractivity contribution < 1.29 is 0 Å². The fraction of sp³-hybridized carbons (Fsp3) is 0.225. The average molecular weight is 573 g/mol. The summed E-state index contributed by atoms with van der Waals surface area (Å²) < 4.78 is 0. The molecule has 216 valence electrons. The third kappa shape index (κ3) is 4.94. The van der Waals surface area contributed by atoms with Gasteiger partial charge in [0, 0.05) is 29.2 Å². The minimum absolute atomic E-state index is 0.228. The molecule has 8 rings (SSSR count). The zero-order chi connectivity index (χ0) is 29.5. The molecule has 2 heterocycles. The van der Waals surface area contributed by atoms with Gasteiger partial charge in [0.1, 0.15) is 11.7 Å². The number of fused-ring (bicyclic) bond motifs is 2. The first-order valence-electron chi connectivity index (χ1n) is 15.9. The molecule has 4 atom stereocenters. The number of nitrogens with zero attached hydrogens (tertiary/aromatic N) is 3. The molecule has 0 aromatic heterocycles. The van der Waals surface area contributed by atoms with E-state index in [2.05, 4.69) is 122 Å². The summed E-state index contributed by atoms with van der Waals surface area (Å²) in [4.78, 5) is 15.0. The highest BCUT2D eigenvalue weighted by atomic mass is 15.2. The topological polar surface area (TPSA) is 49.1 Å². The minimum Gasteiger partial charge on any atom is -0.324 e. The lowest BCUT2D eigenvalue weighted by molar-refractivity contribution is 0.628. The van der Waals surface area contributed by atoms with Crippen molar-refractivity contribution in [2.75, 3.05) is 0 Å². The highest BCUT2D eigenvalue weighted by molar-refractivity contribution is 6.16. The molecule has 0 radical (unpaired) electrons. The Bertz CT molecular complexity index is 1850. The predicted molar refractivity (Wildman–Crippen MR) is 182 cm³/mol. The summed E-state index contributed by atoms with van der Waals surface area (Å²) in [5.41, 5.74) is 12.0. The summed E-state index contributed by atoms with van der Waals surface area (Å²) in [6.45, 7) is 2.17. The van der Waals surface area contributed by atoms with Crippen LogP contribution in [0.5, 0.6) is 0 Å². The number of nitrogens with one attached hydrogen (secondary N) is 1. The number of allylic oxidation sites excluding steroid dienone is 7. The van der Waals surface area contributed by atoms with Gasteiger partial charge in [0.05, 0.1) is 6.04 Å². The van der Waals surface area contributed by atoms with Gasteiger partial charge in [-0.3, -0.25) is 4.99 Å². The summed E-state index contributed by atoms with van der Waals surface area (Å²) in [6.07, 6.45) is 17.9. The second kappa shape index (κ2) is 11.3. The molecule has 0 bridgehead atoms. The molecule has 3 aromatic carbocycles. The van der Waals surface area contributed by atoms with Gasteiger partial charge in [-0.1, -0.05) is 121 Å². The first kappa shape index (κ1) is 26.8. The Balaban J connectivity index is 1.23. The number of hydrogen-bond donors (Lipinski definition) is 1. The lowest BCUT2D eigenvalue weighted by Gasteiger charge is -2.37. The smallest absolute Gasteiger partial charge is 0.169 e. The second-order valence-electron chi connectivity index (χ2n) is 12.3. The molecular formula is C40H36N4. The largest absolute Gasteiger partial charge is 0.324 e. The molecule has 0 saturated carbocycles. The molecular weight excluding hydrogens is 536 g/mol. The molecule has 4 heteroatoms. The van der Waals surface area contributed by atoms with E-state index in [9.17, 15) is 0 Å². The molecule has 0 amide bonds. The number of hydrogen-bond acceptors (Lipinski definition) is 4. The summed E-state index contributed by atoms with van der Waals surface area (Å²) in [6, 6.07) is 30.1. The van der Waals surface area contributed by atoms with Crippen LogP contribution < -0.4 is 5.32 Å². The Labute approximate surface area is 259 Å². The van der Waals surface area contributed by atoms with Crippen molar-refractivity contribution in [2.45, 2.75) is 50.7 Å². The summed E-state index contributed by atoms with van der Waals surface area (Å²) >= 11 is 0. The first-order valence-corrected chi connectivity index (χ1v) is 15.9. The van der Waals surface area contributed by atoms with Crippen LogP contribution in [0.4, 0.5) is 0 Å². The van der Waals surface area contributed by atoms with Crippen LogP contribution in [0.1, 0.15) is 66.9 Å². The SMILES string of the molecule is CC1C=C(C2CC=C(C3=NC(c4ccccc4)N=C(c4ccccc4)N3)C=C2C2CC3=C(CCC=C3)c3ccccc32)C=N1. The highest BCUT2D eigenvalue weighted by Crippen LogP contribution is 2.50. The van der Waals surface area contributed by atoms with Crippen LogP contribution in [0.2, 0.25) is 0 Å². The fourth-order valence-corrected chi connectivity index (χ4v) is 7.36. The molecule has 44 heavy (non-hydrogen) atoms. The fourth-order valence-electron chi connectivity index (χ4n) is 7.36. The van der Waals surface area contributed by atoms with Crippen molar-refractivity contribution in [3.8, 4) is 0 Å². The van der Waals surface area contributed by atoms with Crippen LogP contribution in [0.15, 0.2) is 153 Å². The van der Waals surface area contributed by atoms with Crippen LogP contribution in [0.3, 0.4) is 0 Å². The normalized spacial score (nSPS) is 25.6. The van der Waals surface area contributed by atoms with Gasteiger partial charge in [-0.2, -0.15) is 0 Å². The molecule has 4 nitrogen and oxygen atoms in total. The maximum absolute atomic E-state index is 5.22. The van der Waals surface area contributed by atoms with Crippen molar-refractivity contribution in [3.05, 3.63) is 160 Å². The van der Waals surface area contributed by atoms with E-state index in [1.54, 1.807) is 0 Å². The predicted octanol–water partition coefficient (Wildman–Crippen LogP) is 8.70. The van der Waals surface area contributed by atoms with E-state index in [-0.39, 0.29) is 18.1 Å². The van der Waals surface area contributed by atoms with Crippen LogP contribution in [0, 0.1) is 5.92 Å². The summed E-state index contributed by atoms with van der Waals surface area (Å²) in [5, 5.41) is 3.64. The van der Waals surface area contributed by atoms with Crippen molar-refractivity contribution in [2.24, 2.45) is 20.9 Å². The van der Waals surface area contributed by atoms with E-state index in [0.29, 0.717) is 5.92 Å². The molecule has 0 spiro atoms. The number of amidine groups is 2. The maximum atomic E-state index is 5.22. The van der Waals surface area contributed by atoms with Crippen molar-refractivity contribution in [3.63, 3.8) is 0 Å². The number of aliphatic imine (C=N–C) groups is 3. The van der Waals surface area contributed by atoms with Gasteiger partial charge in [-0.15, -0.1) is 0 Å². The monoisotopic (exact) mass is 572 g/mol. The first-order chi connectivity index (χ1) is 21.7. The molecule has 3 aromatic rings. The standard InChI is InChI=1S/C40H36N4/c1-26-22-31(25-41-26)33-21-20-30(24-36(33)37-23-29-16-8-9-17-32(29)34-18-10-11-19-35(34)37)40-43-38(27-12-4-2-5-13-27)42-39(44-40)28-14-6-3-7-15-28/h2-8,10-16,18-20,22,24-26,33,37-38H,9,17,21,23H2,1H3,(H,42,43,44). The third-order valence-corrected chi connectivity index (χ3v) is 9.51. The zero-order valence-electron chi connectivity index (χ0n) is 25.0. The van der Waals surface area contributed by atoms with Crippen LogP contribution in [0.25, 0.3) is 5.57 Å². The summed E-state index contributed by atoms with van der Waals surface area (Å²) in [7, 11) is 0. The summed E-state index contributed by atoms with van der Waals surface area (Å²) in [5.74, 6) is 2.32. The van der Waals surface area contributed by atoms with Crippen LogP contribution in [-0.2, 0) is 0 Å². The quantitative estimate of drug-likeness (QED) is 0.327. The van der Waals surface area contributed by atoms with E-state index in [1.165, 1.54) is 33.4 Å².